The summed E-state index contributed by atoms with van der Waals surface area (Å²) in [6.07, 6.45) is 0. The normalized spacial score (nSPS) is 13.2. The van der Waals surface area contributed by atoms with Crippen molar-refractivity contribution in [3.05, 3.63) is 35.5 Å². The zero-order chi connectivity index (χ0) is 14.7. The van der Waals surface area contributed by atoms with Crippen molar-refractivity contribution in [2.45, 2.75) is 13.8 Å². The van der Waals surface area contributed by atoms with Crippen molar-refractivity contribution in [3.63, 3.8) is 0 Å². The van der Waals surface area contributed by atoms with Gasteiger partial charge in [0.25, 0.3) is 0 Å². The van der Waals surface area contributed by atoms with Gasteiger partial charge in [0.2, 0.25) is 5.91 Å². The average Bonchev–Trinajstić information content (AvgIpc) is 2.45. The first-order chi connectivity index (χ1) is 9.60. The zero-order valence-electron chi connectivity index (χ0n) is 11.1. The second-order valence-corrected chi connectivity index (χ2v) is 4.07. The van der Waals surface area contributed by atoms with Gasteiger partial charge in [-0.3, -0.25) is 10.2 Å². The number of rotatable bonds is 2. The molecule has 0 fully saturated rings. The number of benzene rings is 1. The summed E-state index contributed by atoms with van der Waals surface area (Å²) in [6.45, 7) is 3.27. The van der Waals surface area contributed by atoms with Gasteiger partial charge >= 0.3 is 5.97 Å². The third-order valence-corrected chi connectivity index (χ3v) is 2.79. The number of hydrogen-bond acceptors (Lipinski definition) is 5. The van der Waals surface area contributed by atoms with Crippen molar-refractivity contribution >= 4 is 23.1 Å². The first-order valence-corrected chi connectivity index (χ1v) is 6.08. The summed E-state index contributed by atoms with van der Waals surface area (Å²) >= 11 is 0. The number of anilines is 1. The summed E-state index contributed by atoms with van der Waals surface area (Å²) < 4.78 is 4.97. The second-order valence-electron chi connectivity index (χ2n) is 4.07. The minimum atomic E-state index is -0.591. The molecule has 1 aliphatic heterocycles. The van der Waals surface area contributed by atoms with Gasteiger partial charge in [-0.15, -0.1) is 0 Å². The molecule has 1 heterocycles. The predicted octanol–water partition coefficient (Wildman–Crippen LogP) is 1.36. The molecule has 102 valence electrons. The van der Waals surface area contributed by atoms with E-state index in [0.717, 1.165) is 0 Å². The van der Waals surface area contributed by atoms with E-state index in [1.807, 2.05) is 6.07 Å². The number of hydrogen-bond donors (Lipinski definition) is 1. The molecule has 1 aliphatic rings. The number of amides is 1. The summed E-state index contributed by atoms with van der Waals surface area (Å²) in [7, 11) is 0. The van der Waals surface area contributed by atoms with E-state index in [2.05, 4.69) is 5.43 Å². The number of nitriles is 1. The van der Waals surface area contributed by atoms with Crippen LogP contribution >= 0.6 is 0 Å². The fraction of sp³-hybridized carbons (Fsp3) is 0.214. The molecule has 0 aliphatic carbocycles. The van der Waals surface area contributed by atoms with E-state index in [4.69, 9.17) is 4.74 Å². The number of carbonyl (C=O) groups is 2. The SMILES string of the molecule is CCOC(=O)C1=C(C#N)NN(C(C)=O)c2ccccc21. The van der Waals surface area contributed by atoms with Crippen LogP contribution in [0.2, 0.25) is 0 Å². The molecule has 0 saturated heterocycles. The molecule has 6 nitrogen and oxygen atoms in total. The molecule has 0 aromatic heterocycles. The first-order valence-electron chi connectivity index (χ1n) is 6.08. The topological polar surface area (TPSA) is 82.4 Å². The van der Waals surface area contributed by atoms with Gasteiger partial charge < -0.3 is 4.74 Å². The Bertz CT molecular complexity index is 643. The summed E-state index contributed by atoms with van der Waals surface area (Å²) in [5.41, 5.74) is 3.80. The van der Waals surface area contributed by atoms with Crippen molar-refractivity contribution in [2.24, 2.45) is 0 Å². The van der Waals surface area contributed by atoms with Gasteiger partial charge in [0, 0.05) is 12.5 Å². The van der Waals surface area contributed by atoms with Gasteiger partial charge in [-0.2, -0.15) is 5.26 Å². The highest BCUT2D eigenvalue weighted by atomic mass is 16.5. The largest absolute Gasteiger partial charge is 0.462 e. The highest BCUT2D eigenvalue weighted by molar-refractivity contribution is 6.21. The number of hydrazine groups is 1. The van der Waals surface area contributed by atoms with Crippen LogP contribution < -0.4 is 10.4 Å². The molecule has 20 heavy (non-hydrogen) atoms. The van der Waals surface area contributed by atoms with Crippen LogP contribution in [-0.2, 0) is 14.3 Å². The van der Waals surface area contributed by atoms with Gasteiger partial charge in [-0.1, -0.05) is 18.2 Å². The van der Waals surface area contributed by atoms with Crippen LogP contribution in [0.25, 0.3) is 5.57 Å². The maximum absolute atomic E-state index is 12.0. The molecular weight excluding hydrogens is 258 g/mol. The lowest BCUT2D eigenvalue weighted by molar-refractivity contribution is -0.136. The monoisotopic (exact) mass is 271 g/mol. The highest BCUT2D eigenvalue weighted by Crippen LogP contribution is 2.33. The molecule has 2 rings (SSSR count). The molecule has 0 spiro atoms. The van der Waals surface area contributed by atoms with Gasteiger partial charge in [0.05, 0.1) is 12.3 Å². The number of allylic oxidation sites excluding steroid dienone is 1. The molecule has 1 amide bonds. The van der Waals surface area contributed by atoms with Crippen molar-refractivity contribution in [2.75, 3.05) is 11.6 Å². The Morgan fingerprint density at radius 1 is 1.40 bits per heavy atom. The average molecular weight is 271 g/mol. The van der Waals surface area contributed by atoms with E-state index < -0.39 is 5.97 Å². The molecule has 0 bridgehead atoms. The van der Waals surface area contributed by atoms with Crippen LogP contribution in [0.4, 0.5) is 5.69 Å². The smallest absolute Gasteiger partial charge is 0.341 e. The van der Waals surface area contributed by atoms with Crippen LogP contribution in [0.15, 0.2) is 30.0 Å². The van der Waals surface area contributed by atoms with Crippen molar-refractivity contribution in [3.8, 4) is 6.07 Å². The molecule has 1 aromatic rings. The van der Waals surface area contributed by atoms with Crippen molar-refractivity contribution < 1.29 is 14.3 Å². The van der Waals surface area contributed by atoms with Gasteiger partial charge in [0.1, 0.15) is 17.3 Å². The lowest BCUT2D eigenvalue weighted by atomic mass is 9.99. The second kappa shape index (κ2) is 5.45. The fourth-order valence-electron chi connectivity index (χ4n) is 1.99. The van der Waals surface area contributed by atoms with E-state index in [0.29, 0.717) is 11.3 Å². The summed E-state index contributed by atoms with van der Waals surface area (Å²) in [4.78, 5) is 23.7. The number of fused-ring (bicyclic) bond motifs is 1. The molecule has 0 atom stereocenters. The maximum atomic E-state index is 12.0. The van der Waals surface area contributed by atoms with Gasteiger partial charge in [-0.05, 0) is 13.0 Å². The maximum Gasteiger partial charge on any atom is 0.341 e. The summed E-state index contributed by atoms with van der Waals surface area (Å²) in [5, 5.41) is 10.4. The lowest BCUT2D eigenvalue weighted by Crippen LogP contribution is -2.44. The quantitative estimate of drug-likeness (QED) is 0.821. The number of ether oxygens (including phenoxy) is 1. The van der Waals surface area contributed by atoms with Crippen LogP contribution in [0, 0.1) is 11.3 Å². The minimum absolute atomic E-state index is 0.00245. The number of esters is 1. The lowest BCUT2D eigenvalue weighted by Gasteiger charge is -2.30. The predicted molar refractivity (Wildman–Crippen MR) is 71.9 cm³/mol. The number of nitrogens with one attached hydrogen (secondary N) is 1. The molecule has 0 saturated carbocycles. The van der Waals surface area contributed by atoms with Crippen LogP contribution in [0.3, 0.4) is 0 Å². The van der Waals surface area contributed by atoms with Gasteiger partial charge in [-0.25, -0.2) is 9.80 Å². The third-order valence-electron chi connectivity index (χ3n) is 2.79. The minimum Gasteiger partial charge on any atom is -0.462 e. The van der Waals surface area contributed by atoms with Crippen LogP contribution in [0.5, 0.6) is 0 Å². The molecule has 6 heteroatoms. The Morgan fingerprint density at radius 3 is 2.70 bits per heavy atom. The third kappa shape index (κ3) is 2.21. The number of carbonyl (C=O) groups excluding carboxylic acids is 2. The van der Waals surface area contributed by atoms with Crippen molar-refractivity contribution in [1.29, 1.82) is 5.26 Å². The van der Waals surface area contributed by atoms with Crippen LogP contribution in [0.1, 0.15) is 19.4 Å². The Hall–Kier alpha value is -2.81. The summed E-state index contributed by atoms with van der Waals surface area (Å²) in [5.74, 6) is -0.875. The molecule has 1 N–H and O–H groups in total. The molecule has 0 radical (unpaired) electrons. The molecule has 1 aromatic carbocycles. The standard InChI is InChI=1S/C14H13N3O3/c1-3-20-14(19)13-10-6-4-5-7-12(10)17(9(2)18)16-11(13)8-15/h4-7,16H,3H2,1-2H3. The number of para-hydroxylation sites is 1. The van der Waals surface area contributed by atoms with E-state index in [1.54, 1.807) is 31.2 Å². The first kappa shape index (κ1) is 13.6. The van der Waals surface area contributed by atoms with E-state index in [-0.39, 0.29) is 23.8 Å². The van der Waals surface area contributed by atoms with Gasteiger partial charge in [0.15, 0.2) is 0 Å². The fourth-order valence-corrected chi connectivity index (χ4v) is 1.99. The Labute approximate surface area is 116 Å². The zero-order valence-corrected chi connectivity index (χ0v) is 11.1. The van der Waals surface area contributed by atoms with Crippen LogP contribution in [-0.4, -0.2) is 18.5 Å². The van der Waals surface area contributed by atoms with E-state index >= 15 is 0 Å². The Kier molecular flexibility index (Phi) is 3.71. The summed E-state index contributed by atoms with van der Waals surface area (Å²) in [6, 6.07) is 8.74. The molecule has 0 unspecified atom stereocenters. The Morgan fingerprint density at radius 2 is 2.10 bits per heavy atom. The van der Waals surface area contributed by atoms with E-state index in [1.165, 1.54) is 11.9 Å². The van der Waals surface area contributed by atoms with E-state index in [9.17, 15) is 14.9 Å². The number of nitrogens with zero attached hydrogens (tertiary/aromatic N) is 2. The highest BCUT2D eigenvalue weighted by Gasteiger charge is 2.30. The Balaban J connectivity index is 2.63. The van der Waals surface area contributed by atoms with Crippen molar-refractivity contribution in [1.82, 2.24) is 5.43 Å². The molecular formula is C14H13N3O3.